The molecule has 6 saturated heterocycles. The molecule has 2 N–H and O–H groups in total. The predicted molar refractivity (Wildman–Crippen MR) is 99.0 cm³/mol. The summed E-state index contributed by atoms with van der Waals surface area (Å²) in [5, 5.41) is 18.4. The maximum atomic E-state index is 10.7. The normalized spacial score (nSPS) is 45.6. The smallest absolute Gasteiger partial charge is 0.302 e. The summed E-state index contributed by atoms with van der Waals surface area (Å²) in [6, 6.07) is 0. The Hall–Kier alpha value is -0.850. The van der Waals surface area contributed by atoms with Crippen LogP contribution in [0.15, 0.2) is 0 Å². The first-order valence-corrected chi connectivity index (χ1v) is 10.8. The van der Waals surface area contributed by atoms with E-state index in [0.29, 0.717) is 26.4 Å². The minimum absolute atomic E-state index is 0.0880. The first kappa shape index (κ1) is 22.3. The Morgan fingerprint density at radius 2 is 1.13 bits per heavy atom. The molecule has 0 spiro atoms. The van der Waals surface area contributed by atoms with Gasteiger partial charge in [0, 0.05) is 18.8 Å². The summed E-state index contributed by atoms with van der Waals surface area (Å²) in [5.41, 5.74) is 0. The third kappa shape index (κ3) is 5.13. The standard InChI is InChI=1S/C8H12O4.2C6H10O3/c1-5(9)12-7-4-11-8-6(7)2-3-10-8;2*7-5-3-9-6-4(5)1-2-8-6/h6-8H,2-4H2,1H3;2*4-7H,1-3H2/t6-,7-,8+;2*4-,5-,6+/m010/s1. The molecule has 0 unspecified atom stereocenters. The molecule has 10 nitrogen and oxygen atoms in total. The molecule has 10 heteroatoms. The van der Waals surface area contributed by atoms with Crippen molar-refractivity contribution in [1.82, 2.24) is 0 Å². The Morgan fingerprint density at radius 1 is 0.700 bits per heavy atom. The van der Waals surface area contributed by atoms with Gasteiger partial charge in [0.15, 0.2) is 18.9 Å². The molecule has 30 heavy (non-hydrogen) atoms. The number of hydrogen-bond acceptors (Lipinski definition) is 10. The van der Waals surface area contributed by atoms with E-state index in [1.54, 1.807) is 0 Å². The minimum atomic E-state index is -0.280. The number of aliphatic hydroxyl groups is 2. The van der Waals surface area contributed by atoms with Crippen molar-refractivity contribution in [2.75, 3.05) is 39.6 Å². The zero-order valence-corrected chi connectivity index (χ0v) is 17.2. The van der Waals surface area contributed by atoms with Gasteiger partial charge in [0.2, 0.25) is 0 Å². The third-order valence-corrected chi connectivity index (χ3v) is 6.32. The maximum absolute atomic E-state index is 10.7. The number of hydrogen-bond donors (Lipinski definition) is 2. The number of fused-ring (bicyclic) bond motifs is 3. The van der Waals surface area contributed by atoms with Crippen molar-refractivity contribution in [2.24, 2.45) is 17.8 Å². The maximum Gasteiger partial charge on any atom is 0.302 e. The van der Waals surface area contributed by atoms with Crippen LogP contribution in [0.2, 0.25) is 0 Å². The van der Waals surface area contributed by atoms with Gasteiger partial charge < -0.3 is 43.4 Å². The van der Waals surface area contributed by atoms with Gasteiger partial charge in [0.05, 0.1) is 57.8 Å². The largest absolute Gasteiger partial charge is 0.460 e. The molecule has 0 radical (unpaired) electrons. The lowest BCUT2D eigenvalue weighted by Crippen LogP contribution is -2.25. The number of carbonyl (C=O) groups excluding carboxylic acids is 1. The molecule has 6 aliphatic rings. The number of rotatable bonds is 1. The van der Waals surface area contributed by atoms with Crippen LogP contribution in [0.5, 0.6) is 0 Å². The van der Waals surface area contributed by atoms with Crippen molar-refractivity contribution in [2.45, 2.75) is 63.4 Å². The highest BCUT2D eigenvalue weighted by atomic mass is 16.7. The highest BCUT2D eigenvalue weighted by Crippen LogP contribution is 2.33. The summed E-state index contributed by atoms with van der Waals surface area (Å²) in [6.07, 6.45) is 1.86. The summed E-state index contributed by atoms with van der Waals surface area (Å²) < 4.78 is 36.2. The molecule has 0 aliphatic carbocycles. The second-order valence-corrected chi connectivity index (χ2v) is 8.36. The van der Waals surface area contributed by atoms with Crippen LogP contribution >= 0.6 is 0 Å². The van der Waals surface area contributed by atoms with Crippen molar-refractivity contribution >= 4 is 5.97 Å². The van der Waals surface area contributed by atoms with E-state index in [1.807, 2.05) is 0 Å². The molecule has 6 heterocycles. The van der Waals surface area contributed by atoms with Crippen molar-refractivity contribution in [3.63, 3.8) is 0 Å². The molecule has 6 aliphatic heterocycles. The van der Waals surface area contributed by atoms with E-state index in [9.17, 15) is 15.0 Å². The van der Waals surface area contributed by atoms with Gasteiger partial charge in [0.1, 0.15) is 6.10 Å². The van der Waals surface area contributed by atoms with Gasteiger partial charge in [-0.25, -0.2) is 0 Å². The molecule has 0 aromatic heterocycles. The fourth-order valence-electron chi connectivity index (χ4n) is 4.65. The lowest BCUT2D eigenvalue weighted by Gasteiger charge is -2.13. The molecule has 6 rings (SSSR count). The van der Waals surface area contributed by atoms with E-state index in [4.69, 9.17) is 33.2 Å². The molecule has 0 aromatic rings. The lowest BCUT2D eigenvalue weighted by atomic mass is 10.0. The highest BCUT2D eigenvalue weighted by Gasteiger charge is 2.43. The summed E-state index contributed by atoms with van der Waals surface area (Å²) >= 11 is 0. The van der Waals surface area contributed by atoms with Crippen LogP contribution in [0.3, 0.4) is 0 Å². The van der Waals surface area contributed by atoms with E-state index in [2.05, 4.69) is 0 Å². The Labute approximate surface area is 175 Å². The van der Waals surface area contributed by atoms with E-state index in [0.717, 1.165) is 32.5 Å². The number of ether oxygens (including phenoxy) is 7. The van der Waals surface area contributed by atoms with Gasteiger partial charge >= 0.3 is 5.97 Å². The monoisotopic (exact) mass is 432 g/mol. The Kier molecular flexibility index (Phi) is 7.58. The average Bonchev–Trinajstić information content (AvgIpc) is 3.50. The summed E-state index contributed by atoms with van der Waals surface area (Å²) in [7, 11) is 0. The topological polar surface area (TPSA) is 122 Å². The second-order valence-electron chi connectivity index (χ2n) is 8.36. The molecular formula is C20H32O10. The predicted octanol–water partition coefficient (Wildman–Crippen LogP) is -0.209. The van der Waals surface area contributed by atoms with Crippen molar-refractivity contribution in [3.05, 3.63) is 0 Å². The van der Waals surface area contributed by atoms with Gasteiger partial charge in [-0.15, -0.1) is 0 Å². The van der Waals surface area contributed by atoms with Crippen LogP contribution in [-0.4, -0.2) is 93.0 Å². The van der Waals surface area contributed by atoms with Crippen LogP contribution in [0, 0.1) is 17.8 Å². The van der Waals surface area contributed by atoms with Gasteiger partial charge in [-0.2, -0.15) is 0 Å². The van der Waals surface area contributed by atoms with E-state index in [-0.39, 0.29) is 60.9 Å². The zero-order chi connectivity index (χ0) is 21.1. The van der Waals surface area contributed by atoms with E-state index >= 15 is 0 Å². The van der Waals surface area contributed by atoms with Gasteiger partial charge in [-0.3, -0.25) is 4.79 Å². The van der Waals surface area contributed by atoms with E-state index in [1.165, 1.54) is 6.92 Å². The van der Waals surface area contributed by atoms with Crippen LogP contribution in [-0.2, 0) is 38.0 Å². The SMILES string of the molecule is CC(=O)O[C@H]1CO[C@H]2OCC[C@H]21.O[C@@H]1CO[C@@H]2OCC[C@@H]21.O[C@H]1CO[C@H]2OCC[C@H]21. The first-order valence-electron chi connectivity index (χ1n) is 10.8. The van der Waals surface area contributed by atoms with Crippen LogP contribution < -0.4 is 0 Å². The molecule has 0 amide bonds. The molecule has 6 fully saturated rings. The Balaban J connectivity index is 0.000000111. The lowest BCUT2D eigenvalue weighted by molar-refractivity contribution is -0.147. The Bertz CT molecular complexity index is 546. The van der Waals surface area contributed by atoms with Gasteiger partial charge in [0.25, 0.3) is 0 Å². The number of carbonyl (C=O) groups is 1. The van der Waals surface area contributed by atoms with Gasteiger partial charge in [-0.1, -0.05) is 0 Å². The van der Waals surface area contributed by atoms with Crippen LogP contribution in [0.4, 0.5) is 0 Å². The number of aliphatic hydroxyl groups excluding tert-OH is 2. The molecule has 9 atom stereocenters. The van der Waals surface area contributed by atoms with Crippen molar-refractivity contribution in [3.8, 4) is 0 Å². The molecule has 0 bridgehead atoms. The van der Waals surface area contributed by atoms with Crippen molar-refractivity contribution in [1.29, 1.82) is 0 Å². The molecule has 172 valence electrons. The zero-order valence-electron chi connectivity index (χ0n) is 17.2. The first-order chi connectivity index (χ1) is 14.5. The molecule has 0 saturated carbocycles. The summed E-state index contributed by atoms with van der Waals surface area (Å²) in [6.45, 7) is 5.01. The summed E-state index contributed by atoms with van der Waals surface area (Å²) in [5.74, 6) is 0.528. The fourth-order valence-corrected chi connectivity index (χ4v) is 4.65. The Morgan fingerprint density at radius 3 is 1.60 bits per heavy atom. The van der Waals surface area contributed by atoms with E-state index < -0.39 is 0 Å². The summed E-state index contributed by atoms with van der Waals surface area (Å²) in [4.78, 5) is 10.7. The highest BCUT2D eigenvalue weighted by molar-refractivity contribution is 5.66. The van der Waals surface area contributed by atoms with Crippen LogP contribution in [0.1, 0.15) is 26.2 Å². The average molecular weight is 432 g/mol. The fraction of sp³-hybridized carbons (Fsp3) is 0.950. The quantitative estimate of drug-likeness (QED) is 0.538. The number of esters is 1. The van der Waals surface area contributed by atoms with Crippen LogP contribution in [0.25, 0.3) is 0 Å². The minimum Gasteiger partial charge on any atom is -0.460 e. The van der Waals surface area contributed by atoms with Crippen molar-refractivity contribution < 1.29 is 48.2 Å². The van der Waals surface area contributed by atoms with Gasteiger partial charge in [-0.05, 0) is 19.3 Å². The molecular weight excluding hydrogens is 400 g/mol. The molecule has 0 aromatic carbocycles. The third-order valence-electron chi connectivity index (χ3n) is 6.32. The second kappa shape index (κ2) is 10.2.